The van der Waals surface area contributed by atoms with Crippen LogP contribution >= 0.6 is 0 Å². The highest BCUT2D eigenvalue weighted by Crippen LogP contribution is 2.28. The number of nitrogens with one attached hydrogen (secondary N) is 2. The van der Waals surface area contributed by atoms with E-state index in [1.165, 1.54) is 32.1 Å². The van der Waals surface area contributed by atoms with Crippen LogP contribution in [0.15, 0.2) is 12.3 Å². The van der Waals surface area contributed by atoms with Crippen molar-refractivity contribution in [3.8, 4) is 0 Å². The van der Waals surface area contributed by atoms with Gasteiger partial charge < -0.3 is 10.6 Å². The molecule has 0 atom stereocenters. The molecular weight excluding hydrogens is 212 g/mol. The summed E-state index contributed by atoms with van der Waals surface area (Å²) in [6.45, 7) is 2.29. The SMILES string of the molecule is CCC1CCC(Nc2ccnc(NC)n2)CC1. The molecule has 0 amide bonds. The van der Waals surface area contributed by atoms with Gasteiger partial charge in [0, 0.05) is 19.3 Å². The molecule has 94 valence electrons. The van der Waals surface area contributed by atoms with Crippen molar-refractivity contribution in [2.75, 3.05) is 17.7 Å². The summed E-state index contributed by atoms with van der Waals surface area (Å²) >= 11 is 0. The van der Waals surface area contributed by atoms with E-state index in [0.29, 0.717) is 12.0 Å². The number of nitrogens with zero attached hydrogens (tertiary/aromatic N) is 2. The third-order valence-electron chi connectivity index (χ3n) is 3.66. The molecule has 1 aromatic rings. The van der Waals surface area contributed by atoms with Crippen LogP contribution in [-0.4, -0.2) is 23.1 Å². The smallest absolute Gasteiger partial charge is 0.224 e. The van der Waals surface area contributed by atoms with Crippen LogP contribution in [-0.2, 0) is 0 Å². The van der Waals surface area contributed by atoms with Crippen molar-refractivity contribution in [1.29, 1.82) is 0 Å². The monoisotopic (exact) mass is 234 g/mol. The predicted molar refractivity (Wildman–Crippen MR) is 71.2 cm³/mol. The first kappa shape index (κ1) is 12.1. The number of hydrogen-bond donors (Lipinski definition) is 2. The van der Waals surface area contributed by atoms with Crippen molar-refractivity contribution in [3.63, 3.8) is 0 Å². The highest BCUT2D eigenvalue weighted by atomic mass is 15.1. The molecule has 2 rings (SSSR count). The predicted octanol–water partition coefficient (Wildman–Crippen LogP) is 2.90. The van der Waals surface area contributed by atoms with Gasteiger partial charge in [0.15, 0.2) is 0 Å². The van der Waals surface area contributed by atoms with Gasteiger partial charge in [0.25, 0.3) is 0 Å². The fourth-order valence-electron chi connectivity index (χ4n) is 2.48. The van der Waals surface area contributed by atoms with Crippen LogP contribution in [0.1, 0.15) is 39.0 Å². The minimum absolute atomic E-state index is 0.581. The average Bonchev–Trinajstić information content (AvgIpc) is 2.40. The third-order valence-corrected chi connectivity index (χ3v) is 3.66. The standard InChI is InChI=1S/C13H22N4/c1-3-10-4-6-11(7-5-10)16-12-8-9-15-13(14-2)17-12/h8-11H,3-7H2,1-2H3,(H2,14,15,16,17). The van der Waals surface area contributed by atoms with Crippen molar-refractivity contribution in [1.82, 2.24) is 9.97 Å². The molecular formula is C13H22N4. The van der Waals surface area contributed by atoms with Crippen LogP contribution in [0.3, 0.4) is 0 Å². The number of aromatic nitrogens is 2. The maximum absolute atomic E-state index is 4.39. The second-order valence-corrected chi connectivity index (χ2v) is 4.79. The lowest BCUT2D eigenvalue weighted by Gasteiger charge is -2.28. The third kappa shape index (κ3) is 3.32. The van der Waals surface area contributed by atoms with Gasteiger partial charge >= 0.3 is 0 Å². The lowest BCUT2D eigenvalue weighted by atomic mass is 9.84. The van der Waals surface area contributed by atoms with Crippen LogP contribution in [0.4, 0.5) is 11.8 Å². The summed E-state index contributed by atoms with van der Waals surface area (Å²) in [5.41, 5.74) is 0. The first-order valence-corrected chi connectivity index (χ1v) is 6.59. The lowest BCUT2D eigenvalue weighted by molar-refractivity contribution is 0.330. The Morgan fingerprint density at radius 3 is 2.71 bits per heavy atom. The number of hydrogen-bond acceptors (Lipinski definition) is 4. The molecule has 0 unspecified atom stereocenters. The van der Waals surface area contributed by atoms with Gasteiger partial charge in [-0.15, -0.1) is 0 Å². The van der Waals surface area contributed by atoms with Crippen LogP contribution < -0.4 is 10.6 Å². The molecule has 1 saturated carbocycles. The molecule has 1 heterocycles. The van der Waals surface area contributed by atoms with E-state index < -0.39 is 0 Å². The Morgan fingerprint density at radius 1 is 1.29 bits per heavy atom. The lowest BCUT2D eigenvalue weighted by Crippen LogP contribution is -2.26. The Labute approximate surface area is 103 Å². The van der Waals surface area contributed by atoms with E-state index in [4.69, 9.17) is 0 Å². The molecule has 4 nitrogen and oxygen atoms in total. The first-order valence-electron chi connectivity index (χ1n) is 6.59. The summed E-state index contributed by atoms with van der Waals surface area (Å²) in [4.78, 5) is 8.51. The van der Waals surface area contributed by atoms with Gasteiger partial charge in [-0.2, -0.15) is 4.98 Å². The number of anilines is 2. The first-order chi connectivity index (χ1) is 8.31. The molecule has 0 saturated heterocycles. The molecule has 0 spiro atoms. The molecule has 0 radical (unpaired) electrons. The van der Waals surface area contributed by atoms with Crippen LogP contribution in [0, 0.1) is 5.92 Å². The van der Waals surface area contributed by atoms with E-state index in [9.17, 15) is 0 Å². The zero-order valence-electron chi connectivity index (χ0n) is 10.7. The maximum atomic E-state index is 4.39. The molecule has 0 aromatic carbocycles. The fraction of sp³-hybridized carbons (Fsp3) is 0.692. The van der Waals surface area contributed by atoms with Crippen molar-refractivity contribution >= 4 is 11.8 Å². The van der Waals surface area contributed by atoms with E-state index in [-0.39, 0.29) is 0 Å². The Balaban J connectivity index is 1.88. The van der Waals surface area contributed by atoms with E-state index >= 15 is 0 Å². The van der Waals surface area contributed by atoms with E-state index in [0.717, 1.165) is 11.7 Å². The largest absolute Gasteiger partial charge is 0.367 e. The highest BCUT2D eigenvalue weighted by molar-refractivity contribution is 5.40. The Morgan fingerprint density at radius 2 is 2.06 bits per heavy atom. The molecule has 1 aliphatic rings. The van der Waals surface area contributed by atoms with Crippen molar-refractivity contribution in [3.05, 3.63) is 12.3 Å². The zero-order chi connectivity index (χ0) is 12.1. The Kier molecular flexibility index (Phi) is 4.18. The second-order valence-electron chi connectivity index (χ2n) is 4.79. The summed E-state index contributed by atoms with van der Waals surface area (Å²) in [6.07, 6.45) is 8.33. The van der Waals surface area contributed by atoms with E-state index in [2.05, 4.69) is 27.5 Å². The normalized spacial score (nSPS) is 24.4. The van der Waals surface area contributed by atoms with E-state index in [1.807, 2.05) is 13.1 Å². The van der Waals surface area contributed by atoms with Gasteiger partial charge in [-0.25, -0.2) is 4.98 Å². The minimum atomic E-state index is 0.581. The van der Waals surface area contributed by atoms with Gasteiger partial charge in [-0.05, 0) is 37.7 Å². The maximum Gasteiger partial charge on any atom is 0.224 e. The van der Waals surface area contributed by atoms with Crippen LogP contribution in [0.25, 0.3) is 0 Å². The van der Waals surface area contributed by atoms with Gasteiger partial charge in [0.2, 0.25) is 5.95 Å². The van der Waals surface area contributed by atoms with Gasteiger partial charge in [0.05, 0.1) is 0 Å². The molecule has 2 N–H and O–H groups in total. The van der Waals surface area contributed by atoms with Crippen molar-refractivity contribution < 1.29 is 0 Å². The summed E-state index contributed by atoms with van der Waals surface area (Å²) in [5.74, 6) is 2.55. The quantitative estimate of drug-likeness (QED) is 0.841. The molecule has 4 heteroatoms. The minimum Gasteiger partial charge on any atom is -0.367 e. The molecule has 0 bridgehead atoms. The van der Waals surface area contributed by atoms with E-state index in [1.54, 1.807) is 6.20 Å². The topological polar surface area (TPSA) is 49.8 Å². The zero-order valence-corrected chi connectivity index (χ0v) is 10.7. The van der Waals surface area contributed by atoms with Crippen molar-refractivity contribution in [2.24, 2.45) is 5.92 Å². The van der Waals surface area contributed by atoms with Gasteiger partial charge in [-0.3, -0.25) is 0 Å². The van der Waals surface area contributed by atoms with Gasteiger partial charge in [0.1, 0.15) is 5.82 Å². The number of rotatable bonds is 4. The molecule has 1 aromatic heterocycles. The Hall–Kier alpha value is -1.32. The second kappa shape index (κ2) is 5.84. The molecule has 1 fully saturated rings. The molecule has 0 aliphatic heterocycles. The van der Waals surface area contributed by atoms with Crippen LogP contribution in [0.5, 0.6) is 0 Å². The van der Waals surface area contributed by atoms with Crippen molar-refractivity contribution in [2.45, 2.75) is 45.1 Å². The summed E-state index contributed by atoms with van der Waals surface area (Å²) in [7, 11) is 1.84. The Bertz CT molecular complexity index is 345. The summed E-state index contributed by atoms with van der Waals surface area (Å²) < 4.78 is 0. The highest BCUT2D eigenvalue weighted by Gasteiger charge is 2.19. The molecule has 1 aliphatic carbocycles. The summed E-state index contributed by atoms with van der Waals surface area (Å²) in [6, 6.07) is 2.52. The van der Waals surface area contributed by atoms with Gasteiger partial charge in [-0.1, -0.05) is 13.3 Å². The van der Waals surface area contributed by atoms with Crippen LogP contribution in [0.2, 0.25) is 0 Å². The summed E-state index contributed by atoms with van der Waals surface area (Å²) in [5, 5.41) is 6.47. The average molecular weight is 234 g/mol. The fourth-order valence-corrected chi connectivity index (χ4v) is 2.48. The molecule has 17 heavy (non-hydrogen) atoms.